The number of benzene rings is 4. The molecule has 0 bridgehead atoms. The Labute approximate surface area is 287 Å². The number of hydrogen-bond acceptors (Lipinski definition) is 9. The van der Waals surface area contributed by atoms with Crippen molar-refractivity contribution in [3.63, 3.8) is 0 Å². The lowest BCUT2D eigenvalue weighted by Crippen LogP contribution is -2.40. The summed E-state index contributed by atoms with van der Waals surface area (Å²) in [5.74, 6) is 0.413. The molecule has 0 aliphatic carbocycles. The van der Waals surface area contributed by atoms with Crippen LogP contribution in [0.1, 0.15) is 52.5 Å². The van der Waals surface area contributed by atoms with Gasteiger partial charge in [0.2, 0.25) is 0 Å². The summed E-state index contributed by atoms with van der Waals surface area (Å²) < 4.78 is 23.9. The molecule has 1 aromatic heterocycles. The average molecular weight is 675 g/mol. The van der Waals surface area contributed by atoms with Crippen molar-refractivity contribution < 1.29 is 28.5 Å². The SMILES string of the molecule is CCOC(=O)C1=C(c2ccccc2)N=c2s/c(=C\c3ccc(OCc4ccc(C(=O)OCC)cc4)cc3)c(=O)n2[C@@H]1c1ccc(OC)cc1. The van der Waals surface area contributed by atoms with Gasteiger partial charge in [-0.3, -0.25) is 9.36 Å². The summed E-state index contributed by atoms with van der Waals surface area (Å²) in [5, 5.41) is 0. The summed E-state index contributed by atoms with van der Waals surface area (Å²) in [7, 11) is 1.58. The number of fused-ring (bicyclic) bond motifs is 1. The minimum atomic E-state index is -0.777. The molecule has 1 atom stereocenters. The van der Waals surface area contributed by atoms with Gasteiger partial charge in [-0.1, -0.05) is 78.1 Å². The molecule has 248 valence electrons. The number of methoxy groups -OCH3 is 1. The van der Waals surface area contributed by atoms with Crippen molar-refractivity contribution in [1.29, 1.82) is 0 Å². The number of rotatable bonds is 11. The fraction of sp³-hybridized carbons (Fsp3) is 0.179. The first-order chi connectivity index (χ1) is 23.9. The second-order valence-electron chi connectivity index (χ2n) is 11.0. The smallest absolute Gasteiger partial charge is 0.338 e. The van der Waals surface area contributed by atoms with Gasteiger partial charge in [-0.15, -0.1) is 0 Å². The van der Waals surface area contributed by atoms with E-state index in [9.17, 15) is 14.4 Å². The van der Waals surface area contributed by atoms with Crippen LogP contribution in [0.25, 0.3) is 11.8 Å². The van der Waals surface area contributed by atoms with Gasteiger partial charge in [0.15, 0.2) is 4.80 Å². The number of esters is 2. The normalized spacial score (nSPS) is 14.1. The van der Waals surface area contributed by atoms with E-state index in [1.807, 2.05) is 84.9 Å². The van der Waals surface area contributed by atoms with E-state index < -0.39 is 12.0 Å². The molecule has 1 aliphatic rings. The molecule has 10 heteroatoms. The number of ether oxygens (including phenoxy) is 4. The Balaban J connectivity index is 1.34. The fourth-order valence-electron chi connectivity index (χ4n) is 5.47. The third-order valence-electron chi connectivity index (χ3n) is 7.85. The molecule has 9 nitrogen and oxygen atoms in total. The first-order valence-corrected chi connectivity index (χ1v) is 16.6. The van der Waals surface area contributed by atoms with Gasteiger partial charge in [-0.2, -0.15) is 0 Å². The molecule has 0 N–H and O–H groups in total. The summed E-state index contributed by atoms with van der Waals surface area (Å²) in [6.07, 6.45) is 1.81. The molecular weight excluding hydrogens is 641 g/mol. The molecule has 1 aliphatic heterocycles. The number of carbonyl (C=O) groups is 2. The molecule has 49 heavy (non-hydrogen) atoms. The predicted molar refractivity (Wildman–Crippen MR) is 187 cm³/mol. The minimum absolute atomic E-state index is 0.172. The molecule has 5 aromatic rings. The van der Waals surface area contributed by atoms with Crippen molar-refractivity contribution in [2.45, 2.75) is 26.5 Å². The molecule has 0 unspecified atom stereocenters. The highest BCUT2D eigenvalue weighted by Gasteiger charge is 2.35. The quantitative estimate of drug-likeness (QED) is 0.166. The molecule has 4 aromatic carbocycles. The van der Waals surface area contributed by atoms with Gasteiger partial charge in [0, 0.05) is 5.56 Å². The van der Waals surface area contributed by atoms with Gasteiger partial charge in [-0.05, 0) is 73.0 Å². The third-order valence-corrected chi connectivity index (χ3v) is 8.84. The lowest BCUT2D eigenvalue weighted by molar-refractivity contribution is -0.138. The van der Waals surface area contributed by atoms with Crippen molar-refractivity contribution in [2.24, 2.45) is 4.99 Å². The highest BCUT2D eigenvalue weighted by atomic mass is 32.1. The zero-order valence-electron chi connectivity index (χ0n) is 27.3. The van der Waals surface area contributed by atoms with Crippen LogP contribution >= 0.6 is 11.3 Å². The number of carbonyl (C=O) groups excluding carboxylic acids is 2. The van der Waals surface area contributed by atoms with Crippen LogP contribution in [0, 0.1) is 0 Å². The molecule has 0 spiro atoms. The van der Waals surface area contributed by atoms with Crippen molar-refractivity contribution in [1.82, 2.24) is 4.57 Å². The fourth-order valence-corrected chi connectivity index (χ4v) is 6.47. The standard InChI is InChI=1S/C39H34N2O7S/c1-4-46-37(43)29-15-11-26(12-16-29)24-48-31-19-13-25(14-20-31)23-32-36(42)41-35(28-17-21-30(45-3)22-18-28)33(38(44)47-5-2)34(40-39(41)49-32)27-9-7-6-8-10-27/h6-23,35H,4-5,24H2,1-3H3/b32-23-/t35-/m1/s1. The second kappa shape index (κ2) is 15.0. The lowest BCUT2D eigenvalue weighted by atomic mass is 9.93. The van der Waals surface area contributed by atoms with E-state index in [1.54, 1.807) is 49.8 Å². The van der Waals surface area contributed by atoms with Crippen LogP contribution < -0.4 is 24.4 Å². The van der Waals surface area contributed by atoms with E-state index >= 15 is 0 Å². The molecule has 2 heterocycles. The van der Waals surface area contributed by atoms with Crippen LogP contribution in [-0.2, 0) is 20.9 Å². The van der Waals surface area contributed by atoms with E-state index in [2.05, 4.69) is 0 Å². The maximum Gasteiger partial charge on any atom is 0.338 e. The highest BCUT2D eigenvalue weighted by molar-refractivity contribution is 7.07. The van der Waals surface area contributed by atoms with Gasteiger partial charge in [-0.25, -0.2) is 14.6 Å². The first kappa shape index (κ1) is 33.2. The van der Waals surface area contributed by atoms with Gasteiger partial charge >= 0.3 is 11.9 Å². The van der Waals surface area contributed by atoms with Crippen molar-refractivity contribution in [2.75, 3.05) is 20.3 Å². The molecule has 6 rings (SSSR count). The zero-order chi connectivity index (χ0) is 34.3. The van der Waals surface area contributed by atoms with Gasteiger partial charge in [0.1, 0.15) is 18.1 Å². The van der Waals surface area contributed by atoms with Crippen molar-refractivity contribution in [3.8, 4) is 11.5 Å². The largest absolute Gasteiger partial charge is 0.497 e. The van der Waals surface area contributed by atoms with Crippen molar-refractivity contribution in [3.05, 3.63) is 156 Å². The molecular formula is C39H34N2O7S. The van der Waals surface area contributed by atoms with E-state index in [4.69, 9.17) is 23.9 Å². The third kappa shape index (κ3) is 7.24. The Bertz CT molecular complexity index is 2170. The van der Waals surface area contributed by atoms with E-state index in [0.717, 1.165) is 22.3 Å². The second-order valence-corrected chi connectivity index (χ2v) is 12.0. The van der Waals surface area contributed by atoms with Crippen LogP contribution in [0.4, 0.5) is 0 Å². The molecule has 0 saturated carbocycles. The Morgan fingerprint density at radius 1 is 0.816 bits per heavy atom. The summed E-state index contributed by atoms with van der Waals surface area (Å²) in [6, 6.07) is 30.5. The molecule has 0 fully saturated rings. The van der Waals surface area contributed by atoms with Gasteiger partial charge < -0.3 is 18.9 Å². The van der Waals surface area contributed by atoms with Crippen molar-refractivity contribution >= 4 is 35.0 Å². The van der Waals surface area contributed by atoms with Crippen LogP contribution in [0.3, 0.4) is 0 Å². The van der Waals surface area contributed by atoms with E-state index in [-0.39, 0.29) is 23.7 Å². The van der Waals surface area contributed by atoms with E-state index in [0.29, 0.717) is 45.3 Å². The highest BCUT2D eigenvalue weighted by Crippen LogP contribution is 2.35. The summed E-state index contributed by atoms with van der Waals surface area (Å²) in [5.41, 5.74) is 4.13. The molecule has 0 radical (unpaired) electrons. The average Bonchev–Trinajstić information content (AvgIpc) is 3.45. The number of nitrogens with zero attached hydrogens (tertiary/aromatic N) is 2. The monoisotopic (exact) mass is 674 g/mol. The topological polar surface area (TPSA) is 105 Å². The van der Waals surface area contributed by atoms with Crippen LogP contribution in [-0.4, -0.2) is 36.8 Å². The number of aromatic nitrogens is 1. The summed E-state index contributed by atoms with van der Waals surface area (Å²) >= 11 is 1.26. The van der Waals surface area contributed by atoms with Crippen LogP contribution in [0.5, 0.6) is 11.5 Å². The van der Waals surface area contributed by atoms with Gasteiger partial charge in [0.05, 0.1) is 47.7 Å². The molecule has 0 amide bonds. The van der Waals surface area contributed by atoms with Crippen LogP contribution in [0.2, 0.25) is 0 Å². The number of hydrogen-bond donors (Lipinski definition) is 0. The van der Waals surface area contributed by atoms with E-state index in [1.165, 1.54) is 11.3 Å². The maximum absolute atomic E-state index is 14.2. The Hall–Kier alpha value is -5.74. The Morgan fingerprint density at radius 3 is 2.12 bits per heavy atom. The first-order valence-electron chi connectivity index (χ1n) is 15.8. The van der Waals surface area contributed by atoms with Gasteiger partial charge in [0.25, 0.3) is 5.56 Å². The summed E-state index contributed by atoms with van der Waals surface area (Å²) in [6.45, 7) is 4.33. The molecule has 0 saturated heterocycles. The zero-order valence-corrected chi connectivity index (χ0v) is 28.1. The maximum atomic E-state index is 14.2. The number of thiazole rings is 1. The summed E-state index contributed by atoms with van der Waals surface area (Å²) in [4.78, 5) is 45.1. The lowest BCUT2D eigenvalue weighted by Gasteiger charge is -2.26. The Kier molecular flexibility index (Phi) is 10.2. The Morgan fingerprint density at radius 2 is 1.47 bits per heavy atom. The minimum Gasteiger partial charge on any atom is -0.497 e. The predicted octanol–water partition coefficient (Wildman–Crippen LogP) is 5.70. The van der Waals surface area contributed by atoms with Crippen LogP contribution in [0.15, 0.2) is 118 Å².